The molecular weight excluding hydrogens is 472 g/mol. The van der Waals surface area contributed by atoms with Gasteiger partial charge in [0.05, 0.1) is 16.4 Å². The smallest absolute Gasteiger partial charge is 0.270 e. The maximum atomic E-state index is 13.3. The molecule has 1 saturated heterocycles. The van der Waals surface area contributed by atoms with Gasteiger partial charge in [0.15, 0.2) is 5.11 Å². The summed E-state index contributed by atoms with van der Waals surface area (Å²) in [5.41, 5.74) is 3.20. The van der Waals surface area contributed by atoms with E-state index in [-0.39, 0.29) is 10.7 Å². The first-order valence-corrected chi connectivity index (χ1v) is 10.6. The van der Waals surface area contributed by atoms with Gasteiger partial charge in [0.2, 0.25) is 0 Å². The van der Waals surface area contributed by atoms with Crippen LogP contribution >= 0.6 is 35.4 Å². The number of hydrogen-bond acceptors (Lipinski definition) is 3. The van der Waals surface area contributed by atoms with Crippen LogP contribution in [0.1, 0.15) is 17.0 Å². The van der Waals surface area contributed by atoms with Crippen molar-refractivity contribution in [2.45, 2.75) is 13.8 Å². The van der Waals surface area contributed by atoms with E-state index < -0.39 is 17.6 Å². The minimum Gasteiger partial charge on any atom is -0.316 e. The summed E-state index contributed by atoms with van der Waals surface area (Å²) < 4.78 is 15.2. The molecule has 2 amide bonds. The van der Waals surface area contributed by atoms with Crippen molar-refractivity contribution < 1.29 is 14.0 Å². The zero-order valence-electron chi connectivity index (χ0n) is 16.9. The Kier molecular flexibility index (Phi) is 5.90. The van der Waals surface area contributed by atoms with Crippen LogP contribution in [0.2, 0.25) is 10.0 Å². The van der Waals surface area contributed by atoms with Crippen molar-refractivity contribution in [3.05, 3.63) is 86.9 Å². The van der Waals surface area contributed by atoms with Crippen LogP contribution in [0.15, 0.2) is 54.1 Å². The van der Waals surface area contributed by atoms with Crippen LogP contribution in [0, 0.1) is 19.7 Å². The molecule has 1 aliphatic rings. The number of thiocarbonyl (C=S) groups is 1. The summed E-state index contributed by atoms with van der Waals surface area (Å²) in [5.74, 6) is -1.66. The Labute approximate surface area is 199 Å². The maximum absolute atomic E-state index is 13.3. The SMILES string of the molecule is Cc1cc(/C=C2/C(=O)NC(=S)N(c3ccc(F)cc3)C2=O)c(C)n1-c1cc(Cl)ccc1Cl. The molecule has 0 unspecified atom stereocenters. The third-order valence-electron chi connectivity index (χ3n) is 5.11. The average Bonchev–Trinajstić information content (AvgIpc) is 3.01. The fraction of sp³-hybridized carbons (Fsp3) is 0.0870. The van der Waals surface area contributed by atoms with E-state index in [0.29, 0.717) is 27.0 Å². The third-order valence-corrected chi connectivity index (χ3v) is 5.95. The number of carbonyl (C=O) groups excluding carboxylic acids is 2. The van der Waals surface area contributed by atoms with E-state index in [0.717, 1.165) is 16.3 Å². The molecule has 1 fully saturated rings. The fourth-order valence-electron chi connectivity index (χ4n) is 3.60. The van der Waals surface area contributed by atoms with Gasteiger partial charge < -0.3 is 4.57 Å². The van der Waals surface area contributed by atoms with Crippen LogP contribution in [-0.4, -0.2) is 21.5 Å². The topological polar surface area (TPSA) is 54.3 Å². The number of amides is 2. The largest absolute Gasteiger partial charge is 0.316 e. The first kappa shape index (κ1) is 22.2. The van der Waals surface area contributed by atoms with Gasteiger partial charge in [-0.1, -0.05) is 23.2 Å². The van der Waals surface area contributed by atoms with E-state index in [4.69, 9.17) is 35.4 Å². The Morgan fingerprint density at radius 1 is 1.03 bits per heavy atom. The predicted octanol–water partition coefficient (Wildman–Crippen LogP) is 5.37. The van der Waals surface area contributed by atoms with Crippen molar-refractivity contribution in [1.29, 1.82) is 0 Å². The molecule has 162 valence electrons. The minimum atomic E-state index is -0.607. The molecule has 0 saturated carbocycles. The van der Waals surface area contributed by atoms with Crippen LogP contribution in [0.3, 0.4) is 0 Å². The summed E-state index contributed by atoms with van der Waals surface area (Å²) in [5, 5.41) is 3.49. The van der Waals surface area contributed by atoms with E-state index in [1.165, 1.54) is 30.3 Å². The molecular formula is C23H16Cl2FN3O2S. The van der Waals surface area contributed by atoms with Gasteiger partial charge in [-0.3, -0.25) is 19.8 Å². The number of hydrogen-bond donors (Lipinski definition) is 1. The van der Waals surface area contributed by atoms with E-state index in [9.17, 15) is 14.0 Å². The Morgan fingerprint density at radius 2 is 1.72 bits per heavy atom. The molecule has 0 radical (unpaired) electrons. The number of aromatic nitrogens is 1. The number of nitrogens with one attached hydrogen (secondary N) is 1. The lowest BCUT2D eigenvalue weighted by Crippen LogP contribution is -2.54. The van der Waals surface area contributed by atoms with Crippen LogP contribution in [0.4, 0.5) is 10.1 Å². The van der Waals surface area contributed by atoms with Gasteiger partial charge in [0, 0.05) is 16.4 Å². The first-order chi connectivity index (χ1) is 15.2. The highest BCUT2D eigenvalue weighted by atomic mass is 35.5. The summed E-state index contributed by atoms with van der Waals surface area (Å²) in [6.45, 7) is 3.74. The molecule has 9 heteroatoms. The third kappa shape index (κ3) is 3.95. The first-order valence-electron chi connectivity index (χ1n) is 9.49. The number of rotatable bonds is 3. The molecule has 1 aliphatic heterocycles. The lowest BCUT2D eigenvalue weighted by molar-refractivity contribution is -0.122. The van der Waals surface area contributed by atoms with Gasteiger partial charge in [-0.25, -0.2) is 4.39 Å². The van der Waals surface area contributed by atoms with E-state index in [1.54, 1.807) is 18.2 Å². The second-order valence-corrected chi connectivity index (χ2v) is 8.42. The second-order valence-electron chi connectivity index (χ2n) is 7.19. The van der Waals surface area contributed by atoms with E-state index in [1.807, 2.05) is 24.5 Å². The standard InChI is InChI=1S/C23H16Cl2FN3O2S/c1-12-9-14(13(2)28(12)20-11-15(24)3-8-19(20)25)10-18-21(30)27-23(32)29(22(18)31)17-6-4-16(26)5-7-17/h3-11H,1-2H3,(H,27,30,32)/b18-10-. The predicted molar refractivity (Wildman–Crippen MR) is 128 cm³/mol. The zero-order chi connectivity index (χ0) is 23.2. The zero-order valence-corrected chi connectivity index (χ0v) is 19.3. The van der Waals surface area contributed by atoms with Crippen LogP contribution in [-0.2, 0) is 9.59 Å². The van der Waals surface area contributed by atoms with Crippen molar-refractivity contribution >= 4 is 64.1 Å². The fourth-order valence-corrected chi connectivity index (χ4v) is 4.25. The number of aryl methyl sites for hydroxylation is 1. The van der Waals surface area contributed by atoms with Gasteiger partial charge in [0.1, 0.15) is 11.4 Å². The molecule has 0 atom stereocenters. The maximum Gasteiger partial charge on any atom is 0.270 e. The van der Waals surface area contributed by atoms with Crippen molar-refractivity contribution in [1.82, 2.24) is 9.88 Å². The summed E-state index contributed by atoms with van der Waals surface area (Å²) in [6.07, 6.45) is 1.51. The average molecular weight is 488 g/mol. The second kappa shape index (κ2) is 8.50. The molecule has 0 aliphatic carbocycles. The number of nitrogens with zero attached hydrogens (tertiary/aromatic N) is 2. The van der Waals surface area contributed by atoms with Crippen molar-refractivity contribution in [2.24, 2.45) is 0 Å². The number of halogens is 3. The van der Waals surface area contributed by atoms with E-state index in [2.05, 4.69) is 5.32 Å². The highest BCUT2D eigenvalue weighted by molar-refractivity contribution is 7.80. The van der Waals surface area contributed by atoms with Crippen LogP contribution < -0.4 is 10.2 Å². The van der Waals surface area contributed by atoms with Crippen molar-refractivity contribution in [2.75, 3.05) is 4.90 Å². The lowest BCUT2D eigenvalue weighted by atomic mass is 10.1. The monoisotopic (exact) mass is 487 g/mol. The number of benzene rings is 2. The molecule has 1 N–H and O–H groups in total. The van der Waals surface area contributed by atoms with Crippen molar-refractivity contribution in [3.8, 4) is 5.69 Å². The van der Waals surface area contributed by atoms with Crippen molar-refractivity contribution in [3.63, 3.8) is 0 Å². The summed E-state index contributed by atoms with van der Waals surface area (Å²) in [6, 6.07) is 12.3. The molecule has 2 heterocycles. The number of anilines is 1. The molecule has 2 aromatic carbocycles. The Bertz CT molecular complexity index is 1320. The van der Waals surface area contributed by atoms with E-state index >= 15 is 0 Å². The summed E-state index contributed by atoms with van der Waals surface area (Å²) >= 11 is 17.7. The lowest BCUT2D eigenvalue weighted by Gasteiger charge is -2.28. The molecule has 1 aromatic heterocycles. The molecule has 5 nitrogen and oxygen atoms in total. The Hall–Kier alpha value is -3.00. The van der Waals surface area contributed by atoms with Gasteiger partial charge in [-0.15, -0.1) is 0 Å². The quantitative estimate of drug-likeness (QED) is 0.307. The van der Waals surface area contributed by atoms with Gasteiger partial charge in [-0.05, 0) is 86.2 Å². The number of carbonyl (C=O) groups is 2. The van der Waals surface area contributed by atoms with Crippen LogP contribution in [0.25, 0.3) is 11.8 Å². The minimum absolute atomic E-state index is 0.0695. The molecule has 4 rings (SSSR count). The van der Waals surface area contributed by atoms with Gasteiger partial charge >= 0.3 is 0 Å². The van der Waals surface area contributed by atoms with Gasteiger partial charge in [-0.2, -0.15) is 0 Å². The highest BCUT2D eigenvalue weighted by Gasteiger charge is 2.34. The molecule has 3 aromatic rings. The molecule has 32 heavy (non-hydrogen) atoms. The Morgan fingerprint density at radius 3 is 2.41 bits per heavy atom. The summed E-state index contributed by atoms with van der Waals surface area (Å²) in [4.78, 5) is 26.9. The molecule has 0 bridgehead atoms. The normalized spacial score (nSPS) is 15.5. The Balaban J connectivity index is 1.78. The molecule has 0 spiro atoms. The summed E-state index contributed by atoms with van der Waals surface area (Å²) in [7, 11) is 0. The van der Waals surface area contributed by atoms with Crippen LogP contribution in [0.5, 0.6) is 0 Å². The highest BCUT2D eigenvalue weighted by Crippen LogP contribution is 2.30. The van der Waals surface area contributed by atoms with Gasteiger partial charge in [0.25, 0.3) is 11.8 Å².